The highest BCUT2D eigenvalue weighted by atomic mass is 16.4. The number of carboxylic acid groups (broad SMARTS) is 1. The molecule has 0 bridgehead atoms. The van der Waals surface area contributed by atoms with Gasteiger partial charge in [0.15, 0.2) is 0 Å². The predicted molar refractivity (Wildman–Crippen MR) is 79.4 cm³/mol. The van der Waals surface area contributed by atoms with Crippen LogP contribution in [0.15, 0.2) is 0 Å². The molecular weight excluding hydrogens is 238 g/mol. The molecule has 0 radical (unpaired) electrons. The van der Waals surface area contributed by atoms with Crippen molar-refractivity contribution in [2.24, 2.45) is 0 Å². The first kappa shape index (κ1) is 16.5. The molecule has 1 saturated carbocycles. The molecule has 0 aromatic heterocycles. The van der Waals surface area contributed by atoms with Gasteiger partial charge in [-0.15, -0.1) is 0 Å². The molecule has 1 aliphatic carbocycles. The molecule has 3 heteroatoms. The van der Waals surface area contributed by atoms with Gasteiger partial charge in [0.25, 0.3) is 0 Å². The number of carbonyl (C=O) groups is 1. The van der Waals surface area contributed by atoms with E-state index in [2.05, 4.69) is 5.32 Å². The first-order valence-corrected chi connectivity index (χ1v) is 8.08. The Kier molecular flexibility index (Phi) is 7.44. The summed E-state index contributed by atoms with van der Waals surface area (Å²) in [7, 11) is 0. The molecule has 0 amide bonds. The Hall–Kier alpha value is -0.570. The summed E-state index contributed by atoms with van der Waals surface area (Å²) < 4.78 is 0. The molecule has 2 N–H and O–H groups in total. The minimum atomic E-state index is -0.687. The lowest BCUT2D eigenvalue weighted by atomic mass is 9.85. The van der Waals surface area contributed by atoms with Gasteiger partial charge in [-0.25, -0.2) is 0 Å². The Morgan fingerprint density at radius 1 is 0.895 bits per heavy atom. The highest BCUT2D eigenvalue weighted by molar-refractivity contribution is 5.78. The number of rotatable bonds is 3. The number of carboxylic acids is 1. The average molecular weight is 269 g/mol. The van der Waals surface area contributed by atoms with Crippen molar-refractivity contribution >= 4 is 5.97 Å². The summed E-state index contributed by atoms with van der Waals surface area (Å²) in [6.07, 6.45) is 12.5. The molecule has 0 aliphatic heterocycles. The van der Waals surface area contributed by atoms with Crippen molar-refractivity contribution < 1.29 is 9.90 Å². The van der Waals surface area contributed by atoms with Gasteiger partial charge in [-0.05, 0) is 26.7 Å². The van der Waals surface area contributed by atoms with Gasteiger partial charge in [0, 0.05) is 6.04 Å². The highest BCUT2D eigenvalue weighted by Crippen LogP contribution is 2.26. The third-order valence-corrected chi connectivity index (χ3v) is 4.18. The van der Waals surface area contributed by atoms with Crippen LogP contribution in [0.5, 0.6) is 0 Å². The molecule has 0 heterocycles. The van der Waals surface area contributed by atoms with Gasteiger partial charge in [0.05, 0.1) is 0 Å². The van der Waals surface area contributed by atoms with Gasteiger partial charge in [-0.3, -0.25) is 10.1 Å². The zero-order valence-electron chi connectivity index (χ0n) is 12.7. The van der Waals surface area contributed by atoms with Gasteiger partial charge in [0.2, 0.25) is 0 Å². The van der Waals surface area contributed by atoms with Crippen LogP contribution in [0.3, 0.4) is 0 Å². The third kappa shape index (κ3) is 5.94. The standard InChI is InChI=1S/C16H31NO2/c1-14(2)17-16(15(18)19)12-10-8-6-4-3-5-7-9-11-13-16/h14,17H,3-13H2,1-2H3,(H,18,19). The van der Waals surface area contributed by atoms with Crippen LogP contribution < -0.4 is 5.32 Å². The first-order valence-electron chi connectivity index (χ1n) is 8.08. The maximum atomic E-state index is 11.8. The molecule has 0 unspecified atom stereocenters. The fourth-order valence-corrected chi connectivity index (χ4v) is 3.19. The number of hydrogen-bond donors (Lipinski definition) is 2. The van der Waals surface area contributed by atoms with Gasteiger partial charge in [0.1, 0.15) is 5.54 Å². The van der Waals surface area contributed by atoms with E-state index in [0.717, 1.165) is 25.7 Å². The summed E-state index contributed by atoms with van der Waals surface area (Å²) in [6.45, 7) is 4.08. The van der Waals surface area contributed by atoms with E-state index < -0.39 is 11.5 Å². The second-order valence-corrected chi connectivity index (χ2v) is 6.37. The summed E-state index contributed by atoms with van der Waals surface area (Å²) in [4.78, 5) is 11.8. The van der Waals surface area contributed by atoms with Crippen molar-refractivity contribution in [1.82, 2.24) is 5.32 Å². The molecule has 0 aromatic rings. The highest BCUT2D eigenvalue weighted by Gasteiger charge is 2.37. The molecule has 0 saturated heterocycles. The minimum Gasteiger partial charge on any atom is -0.480 e. The maximum absolute atomic E-state index is 11.8. The molecular formula is C16H31NO2. The number of nitrogens with one attached hydrogen (secondary N) is 1. The lowest BCUT2D eigenvalue weighted by molar-refractivity contribution is -0.146. The summed E-state index contributed by atoms with van der Waals surface area (Å²) >= 11 is 0. The van der Waals surface area contributed by atoms with Crippen molar-refractivity contribution in [3.63, 3.8) is 0 Å². The summed E-state index contributed by atoms with van der Waals surface area (Å²) in [5.41, 5.74) is -0.687. The zero-order chi connectivity index (χ0) is 14.1. The topological polar surface area (TPSA) is 49.3 Å². The Bertz CT molecular complexity index is 251. The fourth-order valence-electron chi connectivity index (χ4n) is 3.19. The average Bonchev–Trinajstić information content (AvgIpc) is 2.32. The molecule has 1 rings (SSSR count). The Balaban J connectivity index is 2.67. The van der Waals surface area contributed by atoms with Crippen LogP contribution in [0.1, 0.15) is 84.5 Å². The molecule has 112 valence electrons. The Morgan fingerprint density at radius 2 is 1.26 bits per heavy atom. The molecule has 1 fully saturated rings. The van der Waals surface area contributed by atoms with Crippen LogP contribution in [0, 0.1) is 0 Å². The Labute approximate surface area is 118 Å². The molecule has 1 aliphatic rings. The lowest BCUT2D eigenvalue weighted by Crippen LogP contribution is -2.54. The molecule has 0 aromatic carbocycles. The van der Waals surface area contributed by atoms with Gasteiger partial charge in [-0.1, -0.05) is 57.8 Å². The van der Waals surface area contributed by atoms with Crippen LogP contribution in [-0.4, -0.2) is 22.7 Å². The quantitative estimate of drug-likeness (QED) is 0.810. The Morgan fingerprint density at radius 3 is 1.58 bits per heavy atom. The van der Waals surface area contributed by atoms with Crippen molar-refractivity contribution in [2.75, 3.05) is 0 Å². The van der Waals surface area contributed by atoms with E-state index in [4.69, 9.17) is 0 Å². The normalized spacial score (nSPS) is 22.5. The monoisotopic (exact) mass is 269 g/mol. The van der Waals surface area contributed by atoms with E-state index in [1.165, 1.54) is 44.9 Å². The van der Waals surface area contributed by atoms with E-state index in [1.807, 2.05) is 13.8 Å². The van der Waals surface area contributed by atoms with Crippen molar-refractivity contribution in [2.45, 2.75) is 96.1 Å². The molecule has 3 nitrogen and oxygen atoms in total. The zero-order valence-corrected chi connectivity index (χ0v) is 12.7. The maximum Gasteiger partial charge on any atom is 0.323 e. The second-order valence-electron chi connectivity index (χ2n) is 6.37. The van der Waals surface area contributed by atoms with E-state index in [1.54, 1.807) is 0 Å². The third-order valence-electron chi connectivity index (χ3n) is 4.18. The van der Waals surface area contributed by atoms with Gasteiger partial charge in [-0.2, -0.15) is 0 Å². The van der Waals surface area contributed by atoms with Crippen LogP contribution in [-0.2, 0) is 4.79 Å². The van der Waals surface area contributed by atoms with Crippen molar-refractivity contribution in [3.05, 3.63) is 0 Å². The predicted octanol–water partition coefficient (Wildman–Crippen LogP) is 4.11. The van der Waals surface area contributed by atoms with Gasteiger partial charge < -0.3 is 5.11 Å². The van der Waals surface area contributed by atoms with Crippen LogP contribution in [0.2, 0.25) is 0 Å². The number of aliphatic carboxylic acids is 1. The smallest absolute Gasteiger partial charge is 0.323 e. The number of hydrogen-bond acceptors (Lipinski definition) is 2. The summed E-state index contributed by atoms with van der Waals surface area (Å²) in [6, 6.07) is 0.226. The van der Waals surface area contributed by atoms with Crippen molar-refractivity contribution in [1.29, 1.82) is 0 Å². The summed E-state index contributed by atoms with van der Waals surface area (Å²) in [5, 5.41) is 13.0. The molecule has 0 spiro atoms. The van der Waals surface area contributed by atoms with E-state index in [9.17, 15) is 9.90 Å². The largest absolute Gasteiger partial charge is 0.480 e. The van der Waals surface area contributed by atoms with E-state index >= 15 is 0 Å². The van der Waals surface area contributed by atoms with Crippen LogP contribution in [0.25, 0.3) is 0 Å². The summed E-state index contributed by atoms with van der Waals surface area (Å²) in [5.74, 6) is -0.654. The second kappa shape index (κ2) is 8.57. The lowest BCUT2D eigenvalue weighted by Gasteiger charge is -2.33. The molecule has 0 atom stereocenters. The van der Waals surface area contributed by atoms with E-state index in [0.29, 0.717) is 0 Å². The van der Waals surface area contributed by atoms with Crippen molar-refractivity contribution in [3.8, 4) is 0 Å². The molecule has 19 heavy (non-hydrogen) atoms. The van der Waals surface area contributed by atoms with Crippen LogP contribution in [0.4, 0.5) is 0 Å². The van der Waals surface area contributed by atoms with Gasteiger partial charge >= 0.3 is 5.97 Å². The SMILES string of the molecule is CC(C)NC1(C(=O)O)CCCCCCCCCCC1. The minimum absolute atomic E-state index is 0.226. The van der Waals surface area contributed by atoms with E-state index in [-0.39, 0.29) is 6.04 Å². The first-order chi connectivity index (χ1) is 9.07. The van der Waals surface area contributed by atoms with Crippen LogP contribution >= 0.6 is 0 Å². The fraction of sp³-hybridized carbons (Fsp3) is 0.938.